The molecule has 0 bridgehead atoms. The molecule has 2 fully saturated rings. The van der Waals surface area contributed by atoms with E-state index in [1.54, 1.807) is 16.9 Å². The second-order valence-corrected chi connectivity index (χ2v) is 8.22. The van der Waals surface area contributed by atoms with E-state index in [9.17, 15) is 4.79 Å². The molecule has 1 aromatic heterocycles. The van der Waals surface area contributed by atoms with Crippen molar-refractivity contribution in [1.82, 2.24) is 19.6 Å². The third-order valence-corrected chi connectivity index (χ3v) is 6.20. The summed E-state index contributed by atoms with van der Waals surface area (Å²) in [5, 5.41) is 4.12. The molecule has 28 heavy (non-hydrogen) atoms. The Kier molecular flexibility index (Phi) is 5.40. The first-order valence-electron chi connectivity index (χ1n) is 10.3. The molecule has 2 saturated heterocycles. The van der Waals surface area contributed by atoms with E-state index in [0.29, 0.717) is 23.7 Å². The van der Waals surface area contributed by atoms with Gasteiger partial charge in [0.2, 0.25) is 0 Å². The van der Waals surface area contributed by atoms with Crippen molar-refractivity contribution >= 4 is 5.91 Å². The summed E-state index contributed by atoms with van der Waals surface area (Å²) in [7, 11) is 1.82. The standard InChI is InChI=1S/C22H30N4O2/c1-16(2)26-15-20(28-18-7-5-4-6-8-18)21(26)17-10-13-25(14-11-17)22(27)19-9-12-23-24(19)3/h4-9,12,16-17,20-21H,10-11,13-15H2,1-3H3. The predicted octanol–water partition coefficient (Wildman–Crippen LogP) is 2.81. The third kappa shape index (κ3) is 3.65. The number of hydrogen-bond acceptors (Lipinski definition) is 4. The van der Waals surface area contributed by atoms with Gasteiger partial charge in [0, 0.05) is 38.9 Å². The highest BCUT2D eigenvalue weighted by atomic mass is 16.5. The van der Waals surface area contributed by atoms with Crippen molar-refractivity contribution in [2.45, 2.75) is 44.9 Å². The van der Waals surface area contributed by atoms with Crippen molar-refractivity contribution in [2.24, 2.45) is 13.0 Å². The number of ether oxygens (including phenoxy) is 1. The molecule has 2 aliphatic heterocycles. The molecule has 1 aromatic carbocycles. The lowest BCUT2D eigenvalue weighted by atomic mass is 9.79. The van der Waals surface area contributed by atoms with Gasteiger partial charge in [0.25, 0.3) is 5.91 Å². The second-order valence-electron chi connectivity index (χ2n) is 8.22. The van der Waals surface area contributed by atoms with Gasteiger partial charge in [0.15, 0.2) is 0 Å². The van der Waals surface area contributed by atoms with Crippen molar-refractivity contribution < 1.29 is 9.53 Å². The van der Waals surface area contributed by atoms with Crippen molar-refractivity contribution in [3.05, 3.63) is 48.3 Å². The molecule has 1 amide bonds. The smallest absolute Gasteiger partial charge is 0.272 e. The molecule has 6 heteroatoms. The summed E-state index contributed by atoms with van der Waals surface area (Å²) >= 11 is 0. The normalized spacial score (nSPS) is 23.6. The first kappa shape index (κ1) is 19.0. The SMILES string of the molecule is CC(C)N1CC(Oc2ccccc2)C1C1CCN(C(=O)c2ccnn2C)CC1. The van der Waals surface area contributed by atoms with Crippen LogP contribution >= 0.6 is 0 Å². The molecule has 0 N–H and O–H groups in total. The van der Waals surface area contributed by atoms with E-state index in [2.05, 4.69) is 23.8 Å². The molecular formula is C22H30N4O2. The largest absolute Gasteiger partial charge is 0.487 e. The van der Waals surface area contributed by atoms with E-state index in [1.165, 1.54) is 0 Å². The first-order chi connectivity index (χ1) is 13.5. The Morgan fingerprint density at radius 3 is 2.46 bits per heavy atom. The van der Waals surface area contributed by atoms with Crippen molar-refractivity contribution in [2.75, 3.05) is 19.6 Å². The lowest BCUT2D eigenvalue weighted by Gasteiger charge is -2.54. The van der Waals surface area contributed by atoms with E-state index < -0.39 is 0 Å². The molecule has 0 aliphatic carbocycles. The highest BCUT2D eigenvalue weighted by molar-refractivity contribution is 5.92. The topological polar surface area (TPSA) is 50.6 Å². The molecule has 150 valence electrons. The Bertz CT molecular complexity index is 796. The summed E-state index contributed by atoms with van der Waals surface area (Å²) in [5.41, 5.74) is 0.663. The third-order valence-electron chi connectivity index (χ3n) is 6.20. The Morgan fingerprint density at radius 1 is 1.14 bits per heavy atom. The number of carbonyl (C=O) groups is 1. The molecule has 0 spiro atoms. The number of aryl methyl sites for hydroxylation is 1. The van der Waals surface area contributed by atoms with Gasteiger partial charge in [-0.15, -0.1) is 0 Å². The Morgan fingerprint density at radius 2 is 1.86 bits per heavy atom. The fourth-order valence-electron chi connectivity index (χ4n) is 4.61. The fourth-order valence-corrected chi connectivity index (χ4v) is 4.61. The quantitative estimate of drug-likeness (QED) is 0.798. The average Bonchev–Trinajstić information content (AvgIpc) is 3.11. The Balaban J connectivity index is 1.39. The first-order valence-corrected chi connectivity index (χ1v) is 10.3. The number of piperidine rings is 1. The van der Waals surface area contributed by atoms with E-state index >= 15 is 0 Å². The maximum atomic E-state index is 12.7. The number of carbonyl (C=O) groups excluding carboxylic acids is 1. The predicted molar refractivity (Wildman–Crippen MR) is 108 cm³/mol. The average molecular weight is 383 g/mol. The number of amides is 1. The lowest BCUT2D eigenvalue weighted by molar-refractivity contribution is -0.0983. The minimum absolute atomic E-state index is 0.0878. The van der Waals surface area contributed by atoms with Crippen LogP contribution in [0.2, 0.25) is 0 Å². The van der Waals surface area contributed by atoms with Gasteiger partial charge in [0.05, 0.1) is 6.04 Å². The number of benzene rings is 1. The van der Waals surface area contributed by atoms with Crippen molar-refractivity contribution in [1.29, 1.82) is 0 Å². The lowest BCUT2D eigenvalue weighted by Crippen LogP contribution is -2.68. The summed E-state index contributed by atoms with van der Waals surface area (Å²) in [6.45, 7) is 7.09. The van der Waals surface area contributed by atoms with Gasteiger partial charge in [-0.3, -0.25) is 14.4 Å². The molecule has 0 radical (unpaired) electrons. The molecule has 6 nitrogen and oxygen atoms in total. The Hall–Kier alpha value is -2.34. The minimum Gasteiger partial charge on any atom is -0.487 e. The summed E-state index contributed by atoms with van der Waals surface area (Å²) < 4.78 is 7.97. The van der Waals surface area contributed by atoms with Gasteiger partial charge in [-0.05, 0) is 50.8 Å². The summed E-state index contributed by atoms with van der Waals surface area (Å²) in [6.07, 6.45) is 3.95. The van der Waals surface area contributed by atoms with Crippen LogP contribution in [-0.4, -0.2) is 63.3 Å². The summed E-state index contributed by atoms with van der Waals surface area (Å²) in [4.78, 5) is 17.3. The van der Waals surface area contributed by atoms with Gasteiger partial charge in [-0.1, -0.05) is 18.2 Å². The van der Waals surface area contributed by atoms with Crippen molar-refractivity contribution in [3.8, 4) is 5.75 Å². The maximum Gasteiger partial charge on any atom is 0.272 e. The van der Waals surface area contributed by atoms with Gasteiger partial charge in [-0.25, -0.2) is 0 Å². The van der Waals surface area contributed by atoms with Crippen LogP contribution in [0.4, 0.5) is 0 Å². The molecule has 0 saturated carbocycles. The van der Waals surface area contributed by atoms with Gasteiger partial charge >= 0.3 is 0 Å². The number of nitrogens with zero attached hydrogens (tertiary/aromatic N) is 4. The number of hydrogen-bond donors (Lipinski definition) is 0. The fraction of sp³-hybridized carbons (Fsp3) is 0.545. The van der Waals surface area contributed by atoms with Crippen LogP contribution < -0.4 is 4.74 Å². The molecule has 2 aromatic rings. The molecule has 3 heterocycles. The maximum absolute atomic E-state index is 12.7. The minimum atomic E-state index is 0.0878. The number of aromatic nitrogens is 2. The summed E-state index contributed by atoms with van der Waals surface area (Å²) in [6, 6.07) is 12.8. The molecule has 2 aliphatic rings. The van der Waals surface area contributed by atoms with Crippen LogP contribution in [0.1, 0.15) is 37.2 Å². The molecule has 4 rings (SSSR count). The number of likely N-dealkylation sites (tertiary alicyclic amines) is 2. The van der Waals surface area contributed by atoms with E-state index in [1.807, 2.05) is 42.3 Å². The molecular weight excluding hydrogens is 352 g/mol. The van der Waals surface area contributed by atoms with Gasteiger partial charge in [-0.2, -0.15) is 5.10 Å². The van der Waals surface area contributed by atoms with Crippen LogP contribution in [0.25, 0.3) is 0 Å². The van der Waals surface area contributed by atoms with Crippen LogP contribution in [0.5, 0.6) is 5.75 Å². The van der Waals surface area contributed by atoms with Crippen LogP contribution in [0.3, 0.4) is 0 Å². The van der Waals surface area contributed by atoms with Gasteiger partial charge in [0.1, 0.15) is 17.5 Å². The monoisotopic (exact) mass is 382 g/mol. The number of rotatable bonds is 5. The zero-order chi connectivity index (χ0) is 19.7. The van der Waals surface area contributed by atoms with E-state index in [0.717, 1.165) is 38.2 Å². The molecule has 2 unspecified atom stereocenters. The number of para-hydroxylation sites is 1. The summed E-state index contributed by atoms with van der Waals surface area (Å²) in [5.74, 6) is 1.59. The zero-order valence-electron chi connectivity index (χ0n) is 17.0. The molecule has 2 atom stereocenters. The van der Waals surface area contributed by atoms with Gasteiger partial charge < -0.3 is 9.64 Å². The zero-order valence-corrected chi connectivity index (χ0v) is 17.0. The van der Waals surface area contributed by atoms with Crippen LogP contribution in [0, 0.1) is 5.92 Å². The highest BCUT2D eigenvalue weighted by Crippen LogP contribution is 2.36. The second kappa shape index (κ2) is 7.95. The Labute approximate surface area is 167 Å². The van der Waals surface area contributed by atoms with Crippen LogP contribution in [0.15, 0.2) is 42.6 Å². The van der Waals surface area contributed by atoms with Crippen molar-refractivity contribution in [3.63, 3.8) is 0 Å². The van der Waals surface area contributed by atoms with E-state index in [4.69, 9.17) is 4.74 Å². The highest BCUT2D eigenvalue weighted by Gasteiger charge is 2.47. The van der Waals surface area contributed by atoms with Crippen LogP contribution in [-0.2, 0) is 7.05 Å². The van der Waals surface area contributed by atoms with E-state index in [-0.39, 0.29) is 12.0 Å².